The molecule has 2 saturated heterocycles. The van der Waals surface area contributed by atoms with E-state index in [9.17, 15) is 0 Å². The Morgan fingerprint density at radius 1 is 1.24 bits per heavy atom. The third-order valence-electron chi connectivity index (χ3n) is 5.74. The van der Waals surface area contributed by atoms with E-state index >= 15 is 0 Å². The maximum Gasteiger partial charge on any atom is 0.109 e. The van der Waals surface area contributed by atoms with Gasteiger partial charge in [0.15, 0.2) is 0 Å². The van der Waals surface area contributed by atoms with Crippen molar-refractivity contribution in [1.29, 1.82) is 0 Å². The van der Waals surface area contributed by atoms with Gasteiger partial charge in [-0.25, -0.2) is 4.98 Å². The second-order valence-electron chi connectivity index (χ2n) is 7.32. The number of halogens is 1. The van der Waals surface area contributed by atoms with Gasteiger partial charge < -0.3 is 7.97 Å². The van der Waals surface area contributed by atoms with Gasteiger partial charge in [0.05, 0.1) is 22.5 Å². The Kier molecular flexibility index (Phi) is 6.10. The Morgan fingerprint density at radius 3 is 3.12 bits per heavy atom. The Labute approximate surface area is 168 Å². The predicted octanol–water partition coefficient (Wildman–Crippen LogP) is 4.73. The summed E-state index contributed by atoms with van der Waals surface area (Å²) in [4.78, 5) is 9.90. The van der Waals surface area contributed by atoms with Crippen LogP contribution in [-0.2, 0) is 3.07 Å². The highest BCUT2D eigenvalue weighted by Crippen LogP contribution is 2.32. The van der Waals surface area contributed by atoms with Crippen molar-refractivity contribution in [3.05, 3.63) is 23.7 Å². The molecule has 6 heteroatoms. The normalized spacial score (nSPS) is 25.1. The number of para-hydroxylation sites is 1. The minimum absolute atomic E-state index is 0.722. The van der Waals surface area contributed by atoms with Gasteiger partial charge in [0.2, 0.25) is 0 Å². The van der Waals surface area contributed by atoms with Crippen molar-refractivity contribution in [2.24, 2.45) is 5.92 Å². The van der Waals surface area contributed by atoms with E-state index in [1.54, 1.807) is 11.3 Å². The molecule has 0 spiro atoms. The van der Waals surface area contributed by atoms with Gasteiger partial charge in [-0.2, -0.15) is 0 Å². The number of aromatic nitrogens is 1. The van der Waals surface area contributed by atoms with Crippen LogP contribution >= 0.6 is 34.3 Å². The number of fused-ring (bicyclic) bond motifs is 1. The van der Waals surface area contributed by atoms with Crippen LogP contribution < -0.4 is 4.90 Å². The molecular formula is C19H26IN3OS. The summed E-state index contributed by atoms with van der Waals surface area (Å²) in [6.45, 7) is 5.73. The summed E-state index contributed by atoms with van der Waals surface area (Å²) in [6, 6.07) is 7.32. The first-order chi connectivity index (χ1) is 12.3. The van der Waals surface area contributed by atoms with Crippen LogP contribution in [0.5, 0.6) is 0 Å². The lowest BCUT2D eigenvalue weighted by atomic mass is 9.97. The number of hydrogen-bond acceptors (Lipinski definition) is 5. The van der Waals surface area contributed by atoms with E-state index in [1.807, 2.05) is 28.5 Å². The molecule has 0 amide bonds. The van der Waals surface area contributed by atoms with Gasteiger partial charge in [-0.3, -0.25) is 4.90 Å². The fourth-order valence-corrected chi connectivity index (χ4v) is 5.42. The van der Waals surface area contributed by atoms with E-state index in [2.05, 4.69) is 33.0 Å². The average Bonchev–Trinajstić information content (AvgIpc) is 3.30. The van der Waals surface area contributed by atoms with Crippen molar-refractivity contribution in [3.8, 4) is 0 Å². The number of hydrogen-bond donors (Lipinski definition) is 0. The summed E-state index contributed by atoms with van der Waals surface area (Å²) >= 11 is 3.76. The second-order valence-corrected chi connectivity index (χ2v) is 8.83. The standard InChI is InChI=1S/C19H26IN3OS/c20-24-11-8-16-4-1-2-9-22(16)12-15-7-10-23(13-15)17-5-3-6-18-19(17)21-14-25-18/h3,5-6,14-16H,1-2,4,7-13H2/t15-,16+/m1/s1. The number of piperidine rings is 1. The fourth-order valence-electron chi connectivity index (χ4n) is 4.47. The molecule has 0 bridgehead atoms. The van der Waals surface area contributed by atoms with E-state index in [1.165, 1.54) is 67.6 Å². The van der Waals surface area contributed by atoms with Crippen molar-refractivity contribution in [2.45, 2.75) is 38.1 Å². The van der Waals surface area contributed by atoms with E-state index in [4.69, 9.17) is 3.07 Å². The summed E-state index contributed by atoms with van der Waals surface area (Å²) in [5.74, 6) is 0.773. The van der Waals surface area contributed by atoms with Gasteiger partial charge in [-0.1, -0.05) is 12.5 Å². The molecule has 1 aromatic carbocycles. The number of benzene rings is 1. The molecule has 4 rings (SSSR count). The van der Waals surface area contributed by atoms with E-state index in [0.717, 1.165) is 25.1 Å². The molecule has 136 valence electrons. The summed E-state index contributed by atoms with van der Waals surface area (Å²) in [6.07, 6.45) is 6.56. The van der Waals surface area contributed by atoms with Crippen LogP contribution in [0, 0.1) is 5.92 Å². The second kappa shape index (κ2) is 8.50. The minimum Gasteiger partial charge on any atom is -0.369 e. The number of thiazole rings is 1. The van der Waals surface area contributed by atoms with Crippen molar-refractivity contribution in [3.63, 3.8) is 0 Å². The monoisotopic (exact) mass is 471 g/mol. The molecule has 2 fully saturated rings. The highest BCUT2D eigenvalue weighted by molar-refractivity contribution is 14.1. The molecule has 0 radical (unpaired) electrons. The van der Waals surface area contributed by atoms with Crippen LogP contribution in [0.3, 0.4) is 0 Å². The van der Waals surface area contributed by atoms with Crippen LogP contribution in [-0.4, -0.2) is 48.7 Å². The third-order valence-corrected chi connectivity index (χ3v) is 6.97. The number of nitrogens with zero attached hydrogens (tertiary/aromatic N) is 3. The molecule has 2 aromatic rings. The molecule has 1 aromatic heterocycles. The highest BCUT2D eigenvalue weighted by atomic mass is 127. The van der Waals surface area contributed by atoms with Crippen LogP contribution in [0.4, 0.5) is 5.69 Å². The molecule has 0 aliphatic carbocycles. The zero-order valence-corrected chi connectivity index (χ0v) is 17.5. The molecule has 4 nitrogen and oxygen atoms in total. The predicted molar refractivity (Wildman–Crippen MR) is 114 cm³/mol. The first kappa shape index (κ1) is 17.9. The molecule has 0 N–H and O–H groups in total. The minimum atomic E-state index is 0.722. The highest BCUT2D eigenvalue weighted by Gasteiger charge is 2.29. The molecule has 0 saturated carbocycles. The lowest BCUT2D eigenvalue weighted by Gasteiger charge is -2.37. The fraction of sp³-hybridized carbons (Fsp3) is 0.632. The molecular weight excluding hydrogens is 445 g/mol. The average molecular weight is 471 g/mol. The van der Waals surface area contributed by atoms with E-state index in [0.29, 0.717) is 0 Å². The van der Waals surface area contributed by atoms with Gasteiger partial charge in [0.1, 0.15) is 28.5 Å². The van der Waals surface area contributed by atoms with Gasteiger partial charge >= 0.3 is 0 Å². The summed E-state index contributed by atoms with van der Waals surface area (Å²) in [5, 5.41) is 0. The maximum atomic E-state index is 5.30. The topological polar surface area (TPSA) is 28.6 Å². The zero-order chi connectivity index (χ0) is 17.1. The van der Waals surface area contributed by atoms with Crippen LogP contribution in [0.15, 0.2) is 23.7 Å². The molecule has 3 heterocycles. The molecule has 0 unspecified atom stereocenters. The summed E-state index contributed by atoms with van der Waals surface area (Å²) in [7, 11) is 0. The van der Waals surface area contributed by atoms with Gasteiger partial charge in [0, 0.05) is 25.7 Å². The maximum absolute atomic E-state index is 5.30. The third kappa shape index (κ3) is 4.12. The van der Waals surface area contributed by atoms with E-state index < -0.39 is 0 Å². The van der Waals surface area contributed by atoms with Gasteiger partial charge in [-0.15, -0.1) is 11.3 Å². The first-order valence-corrected chi connectivity index (χ1v) is 11.2. The molecule has 2 atom stereocenters. The van der Waals surface area contributed by atoms with Crippen molar-refractivity contribution in [1.82, 2.24) is 9.88 Å². The number of rotatable bonds is 6. The van der Waals surface area contributed by atoms with Crippen molar-refractivity contribution < 1.29 is 3.07 Å². The van der Waals surface area contributed by atoms with Crippen LogP contribution in [0.1, 0.15) is 32.1 Å². The van der Waals surface area contributed by atoms with Gasteiger partial charge in [-0.05, 0) is 50.3 Å². The van der Waals surface area contributed by atoms with Crippen LogP contribution in [0.25, 0.3) is 10.2 Å². The SMILES string of the molecule is IOCC[C@@H]1CCCCN1C[C@H]1CCN(c2cccc3scnc23)C1. The Hall–Kier alpha value is -0.440. The largest absolute Gasteiger partial charge is 0.369 e. The molecule has 2 aliphatic rings. The zero-order valence-electron chi connectivity index (χ0n) is 14.6. The van der Waals surface area contributed by atoms with Crippen LogP contribution in [0.2, 0.25) is 0 Å². The number of likely N-dealkylation sites (tertiary alicyclic amines) is 1. The quantitative estimate of drug-likeness (QED) is 0.570. The Balaban J connectivity index is 1.39. The molecule has 25 heavy (non-hydrogen) atoms. The smallest absolute Gasteiger partial charge is 0.109 e. The molecule has 2 aliphatic heterocycles. The van der Waals surface area contributed by atoms with Crippen molar-refractivity contribution in [2.75, 3.05) is 37.7 Å². The lowest BCUT2D eigenvalue weighted by Crippen LogP contribution is -2.43. The lowest BCUT2D eigenvalue weighted by molar-refractivity contribution is 0.114. The number of anilines is 1. The Morgan fingerprint density at radius 2 is 2.20 bits per heavy atom. The summed E-state index contributed by atoms with van der Waals surface area (Å²) < 4.78 is 6.60. The van der Waals surface area contributed by atoms with Crippen molar-refractivity contribution >= 4 is 50.2 Å². The van der Waals surface area contributed by atoms with Gasteiger partial charge in [0.25, 0.3) is 0 Å². The summed E-state index contributed by atoms with van der Waals surface area (Å²) in [5.41, 5.74) is 4.48. The Bertz CT molecular complexity index is 694. The first-order valence-electron chi connectivity index (χ1n) is 9.40. The van der Waals surface area contributed by atoms with E-state index in [-0.39, 0.29) is 0 Å².